The molecule has 0 aromatic heterocycles. The van der Waals surface area contributed by atoms with Crippen LogP contribution in [0.2, 0.25) is 0 Å². The van der Waals surface area contributed by atoms with E-state index in [1.807, 2.05) is 0 Å². The molecule has 1 N–H and O–H groups in total. The molecule has 0 aliphatic rings. The molecule has 0 saturated carbocycles. The molecule has 56 valence electrons. The quantitative estimate of drug-likeness (QED) is 0.439. The Balaban J connectivity index is 2.60. The van der Waals surface area contributed by atoms with Crippen LogP contribution in [-0.2, 0) is 0 Å². The molecule has 0 radical (unpaired) electrons. The van der Waals surface area contributed by atoms with Crippen LogP contribution in [0.25, 0.3) is 0 Å². The molecule has 1 nitrogen and oxygen atoms in total. The standard InChI is InChI=1S/C6H13I2N/c7-3-1-5-9-6-2-4-8/h9H,1-6H2. The van der Waals surface area contributed by atoms with Crippen molar-refractivity contribution in [1.29, 1.82) is 0 Å². The lowest BCUT2D eigenvalue weighted by atomic mass is 10.4. The van der Waals surface area contributed by atoms with Gasteiger partial charge in [-0.3, -0.25) is 0 Å². The van der Waals surface area contributed by atoms with Gasteiger partial charge in [-0.05, 0) is 25.9 Å². The minimum absolute atomic E-state index is 1.19. The minimum atomic E-state index is 1.19. The van der Waals surface area contributed by atoms with Gasteiger partial charge in [0.2, 0.25) is 0 Å². The van der Waals surface area contributed by atoms with Gasteiger partial charge >= 0.3 is 0 Å². The molecule has 0 bridgehead atoms. The van der Waals surface area contributed by atoms with E-state index in [-0.39, 0.29) is 0 Å². The van der Waals surface area contributed by atoms with Crippen molar-refractivity contribution in [3.8, 4) is 0 Å². The lowest BCUT2D eigenvalue weighted by Crippen LogP contribution is -2.16. The van der Waals surface area contributed by atoms with E-state index in [4.69, 9.17) is 0 Å². The molecule has 0 atom stereocenters. The van der Waals surface area contributed by atoms with Crippen molar-refractivity contribution in [2.24, 2.45) is 0 Å². The number of rotatable bonds is 6. The van der Waals surface area contributed by atoms with Gasteiger partial charge in [0.15, 0.2) is 0 Å². The number of hydrogen-bond acceptors (Lipinski definition) is 1. The molecule has 0 unspecified atom stereocenters. The van der Waals surface area contributed by atoms with E-state index < -0.39 is 0 Å². The Morgan fingerprint density at radius 2 is 1.33 bits per heavy atom. The summed E-state index contributed by atoms with van der Waals surface area (Å²) in [4.78, 5) is 0. The zero-order chi connectivity index (χ0) is 6.95. The van der Waals surface area contributed by atoms with Crippen molar-refractivity contribution in [2.75, 3.05) is 21.9 Å². The van der Waals surface area contributed by atoms with Gasteiger partial charge in [-0.15, -0.1) is 0 Å². The van der Waals surface area contributed by atoms with Crippen molar-refractivity contribution in [3.05, 3.63) is 0 Å². The maximum Gasteiger partial charge on any atom is 0.000735 e. The van der Waals surface area contributed by atoms with Crippen LogP contribution in [0.15, 0.2) is 0 Å². The third kappa shape index (κ3) is 9.42. The molecule has 0 saturated heterocycles. The minimum Gasteiger partial charge on any atom is -0.317 e. The van der Waals surface area contributed by atoms with E-state index in [0.717, 1.165) is 0 Å². The molecule has 0 aromatic rings. The summed E-state index contributed by atoms with van der Waals surface area (Å²) in [5, 5.41) is 3.38. The third-order valence-corrected chi connectivity index (χ3v) is 2.50. The van der Waals surface area contributed by atoms with Crippen LogP contribution < -0.4 is 5.32 Å². The second-order valence-electron chi connectivity index (χ2n) is 1.84. The van der Waals surface area contributed by atoms with Gasteiger partial charge in [0, 0.05) is 8.86 Å². The van der Waals surface area contributed by atoms with Crippen LogP contribution in [0.3, 0.4) is 0 Å². The molecule has 0 aromatic carbocycles. The number of hydrogen-bond donors (Lipinski definition) is 1. The van der Waals surface area contributed by atoms with E-state index in [2.05, 4.69) is 50.5 Å². The second-order valence-corrected chi connectivity index (χ2v) is 3.99. The highest BCUT2D eigenvalue weighted by molar-refractivity contribution is 14.1. The highest BCUT2D eigenvalue weighted by Gasteiger charge is 1.84. The summed E-state index contributed by atoms with van der Waals surface area (Å²) in [7, 11) is 0. The first-order valence-corrected chi connectivity index (χ1v) is 6.29. The van der Waals surface area contributed by atoms with E-state index in [0.29, 0.717) is 0 Å². The van der Waals surface area contributed by atoms with Crippen molar-refractivity contribution < 1.29 is 0 Å². The molecule has 3 heteroatoms. The predicted octanol–water partition coefficient (Wildman–Crippen LogP) is 2.23. The number of nitrogens with one attached hydrogen (secondary N) is 1. The van der Waals surface area contributed by atoms with Crippen molar-refractivity contribution in [3.63, 3.8) is 0 Å². The average Bonchev–Trinajstić information content (AvgIpc) is 1.89. The lowest BCUT2D eigenvalue weighted by molar-refractivity contribution is 0.672. The Morgan fingerprint density at radius 3 is 1.67 bits per heavy atom. The summed E-state index contributed by atoms with van der Waals surface area (Å²) in [6.45, 7) is 2.39. The number of halogens is 2. The van der Waals surface area contributed by atoms with Crippen LogP contribution in [0.5, 0.6) is 0 Å². The third-order valence-electron chi connectivity index (χ3n) is 0.974. The second kappa shape index (κ2) is 9.42. The van der Waals surface area contributed by atoms with E-state index in [9.17, 15) is 0 Å². The first kappa shape index (κ1) is 10.4. The van der Waals surface area contributed by atoms with Gasteiger partial charge in [-0.25, -0.2) is 0 Å². The maximum absolute atomic E-state index is 3.38. The van der Waals surface area contributed by atoms with Crippen LogP contribution in [-0.4, -0.2) is 21.9 Å². The summed E-state index contributed by atoms with van der Waals surface area (Å²) in [6, 6.07) is 0. The van der Waals surface area contributed by atoms with Gasteiger partial charge in [0.25, 0.3) is 0 Å². The molecule has 0 aliphatic carbocycles. The molecular formula is C6H13I2N. The highest BCUT2D eigenvalue weighted by Crippen LogP contribution is 1.87. The monoisotopic (exact) mass is 353 g/mol. The molecule has 0 aliphatic heterocycles. The van der Waals surface area contributed by atoms with Gasteiger partial charge < -0.3 is 5.32 Å². The van der Waals surface area contributed by atoms with E-state index in [1.165, 1.54) is 34.8 Å². The van der Waals surface area contributed by atoms with Crippen LogP contribution >= 0.6 is 45.2 Å². The van der Waals surface area contributed by atoms with Crippen LogP contribution in [0.4, 0.5) is 0 Å². The highest BCUT2D eigenvalue weighted by atomic mass is 127. The van der Waals surface area contributed by atoms with Gasteiger partial charge in [0.1, 0.15) is 0 Å². The fraction of sp³-hybridized carbons (Fsp3) is 1.00. The SMILES string of the molecule is ICCCNCCCI. The Morgan fingerprint density at radius 1 is 0.889 bits per heavy atom. The zero-order valence-electron chi connectivity index (χ0n) is 5.50. The number of alkyl halides is 2. The summed E-state index contributed by atoms with van der Waals surface area (Å²) in [6.07, 6.45) is 2.61. The van der Waals surface area contributed by atoms with Crippen LogP contribution in [0, 0.1) is 0 Å². The molecular weight excluding hydrogens is 340 g/mol. The molecule has 0 fully saturated rings. The van der Waals surface area contributed by atoms with Crippen molar-refractivity contribution in [1.82, 2.24) is 5.32 Å². The first-order valence-electron chi connectivity index (χ1n) is 3.24. The van der Waals surface area contributed by atoms with Crippen LogP contribution in [0.1, 0.15) is 12.8 Å². The Labute approximate surface area is 84.6 Å². The Hall–Kier alpha value is 1.42. The van der Waals surface area contributed by atoms with Crippen molar-refractivity contribution >= 4 is 45.2 Å². The topological polar surface area (TPSA) is 12.0 Å². The average molecular weight is 353 g/mol. The summed E-state index contributed by atoms with van der Waals surface area (Å²) >= 11 is 4.81. The van der Waals surface area contributed by atoms with Crippen molar-refractivity contribution in [2.45, 2.75) is 12.8 Å². The zero-order valence-corrected chi connectivity index (χ0v) is 9.81. The lowest BCUT2D eigenvalue weighted by Gasteiger charge is -1.99. The van der Waals surface area contributed by atoms with Gasteiger partial charge in [-0.2, -0.15) is 0 Å². The fourth-order valence-electron chi connectivity index (χ4n) is 0.509. The summed E-state index contributed by atoms with van der Waals surface area (Å²) in [5.41, 5.74) is 0. The van der Waals surface area contributed by atoms with Gasteiger partial charge in [-0.1, -0.05) is 45.2 Å². The van der Waals surface area contributed by atoms with E-state index in [1.54, 1.807) is 0 Å². The fourth-order valence-corrected chi connectivity index (χ4v) is 1.27. The molecule has 0 amide bonds. The smallest absolute Gasteiger partial charge is 0.000735 e. The predicted molar refractivity (Wildman–Crippen MR) is 59.9 cm³/mol. The molecule has 0 heterocycles. The summed E-state index contributed by atoms with van der Waals surface area (Å²) < 4.78 is 2.55. The molecule has 0 rings (SSSR count). The Bertz CT molecular complexity index is 44.3. The largest absolute Gasteiger partial charge is 0.317 e. The maximum atomic E-state index is 3.38. The summed E-state index contributed by atoms with van der Waals surface area (Å²) in [5.74, 6) is 0. The molecule has 0 spiro atoms. The van der Waals surface area contributed by atoms with E-state index >= 15 is 0 Å². The van der Waals surface area contributed by atoms with Gasteiger partial charge in [0.05, 0.1) is 0 Å². The normalized spacial score (nSPS) is 10.0. The molecule has 9 heavy (non-hydrogen) atoms. The first-order chi connectivity index (χ1) is 4.41. The Kier molecular flexibility index (Phi) is 10.9.